The lowest BCUT2D eigenvalue weighted by molar-refractivity contribution is 0.102. The van der Waals surface area contributed by atoms with Gasteiger partial charge in [-0.15, -0.1) is 0 Å². The zero-order valence-electron chi connectivity index (χ0n) is 18.3. The molecule has 0 atom stereocenters. The Labute approximate surface area is 179 Å². The Morgan fingerprint density at radius 3 is 2.23 bits per heavy atom. The number of nitrogens with one attached hydrogen (secondary N) is 1. The van der Waals surface area contributed by atoms with E-state index in [0.29, 0.717) is 23.6 Å². The van der Waals surface area contributed by atoms with E-state index in [1.165, 1.54) is 0 Å². The van der Waals surface area contributed by atoms with E-state index in [0.717, 1.165) is 47.3 Å². The molecule has 4 nitrogen and oxygen atoms in total. The second kappa shape index (κ2) is 10.1. The van der Waals surface area contributed by atoms with Gasteiger partial charge in [-0.05, 0) is 37.3 Å². The summed E-state index contributed by atoms with van der Waals surface area (Å²) in [5, 5.41) is 3.18. The number of hydrogen-bond acceptors (Lipinski definition) is 3. The number of ether oxygens (including phenoxy) is 1. The minimum Gasteiger partial charge on any atom is -0.493 e. The van der Waals surface area contributed by atoms with Crippen molar-refractivity contribution in [2.75, 3.05) is 11.9 Å². The molecule has 156 valence electrons. The smallest absolute Gasteiger partial charge is 0.261 e. The van der Waals surface area contributed by atoms with E-state index in [-0.39, 0.29) is 5.91 Å². The number of carbonyl (C=O) groups excluding carboxylic acids is 1. The molecule has 3 rings (SSSR count). The van der Waals surface area contributed by atoms with Gasteiger partial charge in [0, 0.05) is 23.0 Å². The largest absolute Gasteiger partial charge is 0.493 e. The summed E-state index contributed by atoms with van der Waals surface area (Å²) in [5.41, 5.74) is 5.99. The van der Waals surface area contributed by atoms with Crippen LogP contribution in [0.1, 0.15) is 54.4 Å². The molecule has 0 radical (unpaired) electrons. The maximum atomic E-state index is 13.6. The number of para-hydroxylation sites is 1. The van der Waals surface area contributed by atoms with Crippen LogP contribution in [0.5, 0.6) is 5.75 Å². The summed E-state index contributed by atoms with van der Waals surface area (Å²) in [6.07, 6.45) is 2.56. The number of carbonyl (C=O) groups is 1. The van der Waals surface area contributed by atoms with Crippen molar-refractivity contribution in [3.63, 3.8) is 0 Å². The van der Waals surface area contributed by atoms with Crippen molar-refractivity contribution in [2.45, 2.75) is 47.0 Å². The van der Waals surface area contributed by atoms with Crippen molar-refractivity contribution in [3.05, 3.63) is 77.0 Å². The van der Waals surface area contributed by atoms with Crippen molar-refractivity contribution in [3.8, 4) is 17.0 Å². The van der Waals surface area contributed by atoms with E-state index in [2.05, 4.69) is 38.2 Å². The minimum atomic E-state index is -0.192. The second-order valence-electron chi connectivity index (χ2n) is 7.31. The third kappa shape index (κ3) is 4.70. The van der Waals surface area contributed by atoms with Gasteiger partial charge in [0.1, 0.15) is 11.3 Å². The van der Waals surface area contributed by atoms with E-state index in [4.69, 9.17) is 9.72 Å². The SMILES string of the molecule is CCCOc1cc(C)nc(-c2ccccc2)c1C(=O)Nc1c(CC)cccc1CC. The zero-order chi connectivity index (χ0) is 21.5. The molecule has 0 unspecified atom stereocenters. The third-order valence-corrected chi connectivity index (χ3v) is 5.08. The number of aryl methyl sites for hydroxylation is 3. The Morgan fingerprint density at radius 1 is 0.967 bits per heavy atom. The van der Waals surface area contributed by atoms with Crippen LogP contribution in [0.2, 0.25) is 0 Å². The molecule has 0 fully saturated rings. The van der Waals surface area contributed by atoms with E-state index < -0.39 is 0 Å². The van der Waals surface area contributed by atoms with Crippen molar-refractivity contribution in [1.82, 2.24) is 4.98 Å². The fraction of sp³-hybridized carbons (Fsp3) is 0.308. The summed E-state index contributed by atoms with van der Waals surface area (Å²) in [6.45, 7) is 8.72. The Kier molecular flexibility index (Phi) is 7.23. The monoisotopic (exact) mass is 402 g/mol. The highest BCUT2D eigenvalue weighted by atomic mass is 16.5. The summed E-state index contributed by atoms with van der Waals surface area (Å²) in [4.78, 5) is 18.3. The molecule has 0 aliphatic carbocycles. The summed E-state index contributed by atoms with van der Waals surface area (Å²) in [5.74, 6) is 0.385. The van der Waals surface area contributed by atoms with Crippen LogP contribution in [-0.4, -0.2) is 17.5 Å². The molecule has 0 aliphatic heterocycles. The van der Waals surface area contributed by atoms with E-state index in [1.54, 1.807) is 0 Å². The number of benzene rings is 2. The summed E-state index contributed by atoms with van der Waals surface area (Å²) >= 11 is 0. The van der Waals surface area contributed by atoms with Crippen LogP contribution in [-0.2, 0) is 12.8 Å². The molecule has 1 amide bonds. The highest BCUT2D eigenvalue weighted by Gasteiger charge is 2.23. The first-order valence-corrected chi connectivity index (χ1v) is 10.7. The van der Waals surface area contributed by atoms with Crippen LogP contribution in [0.4, 0.5) is 5.69 Å². The average Bonchev–Trinajstić information content (AvgIpc) is 2.77. The Hall–Kier alpha value is -3.14. The number of anilines is 1. The van der Waals surface area contributed by atoms with Gasteiger partial charge < -0.3 is 10.1 Å². The predicted octanol–water partition coefficient (Wildman–Crippen LogP) is 6.22. The fourth-order valence-corrected chi connectivity index (χ4v) is 3.57. The Morgan fingerprint density at radius 2 is 1.63 bits per heavy atom. The average molecular weight is 403 g/mol. The molecule has 3 aromatic rings. The number of pyridine rings is 1. The molecule has 2 aromatic carbocycles. The van der Waals surface area contributed by atoms with E-state index in [9.17, 15) is 4.79 Å². The molecular weight excluding hydrogens is 372 g/mol. The molecule has 1 heterocycles. The molecule has 0 spiro atoms. The number of nitrogens with zero attached hydrogens (tertiary/aromatic N) is 1. The Balaban J connectivity index is 2.13. The minimum absolute atomic E-state index is 0.192. The van der Waals surface area contributed by atoms with Gasteiger partial charge in [-0.1, -0.05) is 69.3 Å². The van der Waals surface area contributed by atoms with Gasteiger partial charge in [-0.25, -0.2) is 0 Å². The van der Waals surface area contributed by atoms with Gasteiger partial charge >= 0.3 is 0 Å². The third-order valence-electron chi connectivity index (χ3n) is 5.08. The summed E-state index contributed by atoms with van der Waals surface area (Å²) < 4.78 is 6.00. The molecule has 30 heavy (non-hydrogen) atoms. The van der Waals surface area contributed by atoms with Gasteiger partial charge in [0.25, 0.3) is 5.91 Å². The lowest BCUT2D eigenvalue weighted by Gasteiger charge is -2.18. The van der Waals surface area contributed by atoms with Crippen LogP contribution in [0.15, 0.2) is 54.6 Å². The fourth-order valence-electron chi connectivity index (χ4n) is 3.57. The maximum absolute atomic E-state index is 13.6. The molecule has 0 aliphatic rings. The molecule has 1 aromatic heterocycles. The topological polar surface area (TPSA) is 51.2 Å². The summed E-state index contributed by atoms with van der Waals surface area (Å²) in [7, 11) is 0. The van der Waals surface area contributed by atoms with Gasteiger partial charge in [0.15, 0.2) is 0 Å². The number of aromatic nitrogens is 1. The lowest BCUT2D eigenvalue weighted by atomic mass is 10.0. The van der Waals surface area contributed by atoms with Crippen molar-refractivity contribution in [2.24, 2.45) is 0 Å². The first kappa shape index (κ1) is 21.6. The maximum Gasteiger partial charge on any atom is 0.261 e. The standard InChI is InChI=1S/C26H30N2O2/c1-5-16-30-22-17-18(4)27-25(21-12-9-8-10-13-21)23(22)26(29)28-24-19(6-2)14-11-15-20(24)7-3/h8-15,17H,5-7,16H2,1-4H3,(H,28,29). The zero-order valence-corrected chi connectivity index (χ0v) is 18.3. The molecule has 4 heteroatoms. The summed E-state index contributed by atoms with van der Waals surface area (Å²) in [6, 6.07) is 17.8. The molecule has 1 N–H and O–H groups in total. The highest BCUT2D eigenvalue weighted by Crippen LogP contribution is 2.32. The normalized spacial score (nSPS) is 10.7. The van der Waals surface area contributed by atoms with Crippen LogP contribution in [0.3, 0.4) is 0 Å². The van der Waals surface area contributed by atoms with Crippen LogP contribution < -0.4 is 10.1 Å². The molecular formula is C26H30N2O2. The molecule has 0 saturated carbocycles. The van der Waals surface area contributed by atoms with Crippen LogP contribution in [0.25, 0.3) is 11.3 Å². The predicted molar refractivity (Wildman–Crippen MR) is 123 cm³/mol. The van der Waals surface area contributed by atoms with Crippen molar-refractivity contribution in [1.29, 1.82) is 0 Å². The quantitative estimate of drug-likeness (QED) is 0.486. The van der Waals surface area contributed by atoms with E-state index in [1.807, 2.05) is 49.4 Å². The first-order chi connectivity index (χ1) is 14.6. The highest BCUT2D eigenvalue weighted by molar-refractivity contribution is 6.10. The van der Waals surface area contributed by atoms with Crippen LogP contribution >= 0.6 is 0 Å². The number of rotatable bonds is 8. The number of hydrogen-bond donors (Lipinski definition) is 1. The van der Waals surface area contributed by atoms with Gasteiger partial charge in [-0.3, -0.25) is 9.78 Å². The second-order valence-corrected chi connectivity index (χ2v) is 7.31. The van der Waals surface area contributed by atoms with Crippen LogP contribution in [0, 0.1) is 6.92 Å². The Bertz CT molecular complexity index is 991. The molecule has 0 saturated heterocycles. The molecule has 0 bridgehead atoms. The lowest BCUT2D eigenvalue weighted by Crippen LogP contribution is -2.18. The van der Waals surface area contributed by atoms with Gasteiger partial charge in [0.2, 0.25) is 0 Å². The van der Waals surface area contributed by atoms with E-state index >= 15 is 0 Å². The van der Waals surface area contributed by atoms with Crippen molar-refractivity contribution >= 4 is 11.6 Å². The van der Waals surface area contributed by atoms with Gasteiger partial charge in [0.05, 0.1) is 12.3 Å². The number of amides is 1. The first-order valence-electron chi connectivity index (χ1n) is 10.7. The van der Waals surface area contributed by atoms with Crippen molar-refractivity contribution < 1.29 is 9.53 Å². The van der Waals surface area contributed by atoms with Gasteiger partial charge in [-0.2, -0.15) is 0 Å².